The number of anilines is 1. The van der Waals surface area contributed by atoms with Crippen molar-refractivity contribution in [1.29, 1.82) is 5.26 Å². The van der Waals surface area contributed by atoms with Crippen LogP contribution in [0.3, 0.4) is 0 Å². The SMILES string of the molecule is Cc1c(N2CC3(C)C(=O)CCN3C2=O)ccc(C#N)c1Cl. The van der Waals surface area contributed by atoms with Gasteiger partial charge in [-0.05, 0) is 31.5 Å². The predicted molar refractivity (Wildman–Crippen MR) is 78.4 cm³/mol. The molecule has 3 rings (SSSR count). The van der Waals surface area contributed by atoms with E-state index >= 15 is 0 Å². The Bertz CT molecular complexity index is 710. The van der Waals surface area contributed by atoms with Gasteiger partial charge in [-0.1, -0.05) is 11.6 Å². The molecule has 1 unspecified atom stereocenters. The highest BCUT2D eigenvalue weighted by Crippen LogP contribution is 2.39. The molecule has 0 bridgehead atoms. The molecule has 2 fully saturated rings. The number of amides is 2. The summed E-state index contributed by atoms with van der Waals surface area (Å²) in [6, 6.07) is 5.16. The first-order chi connectivity index (χ1) is 9.90. The zero-order valence-corrected chi connectivity index (χ0v) is 12.6. The summed E-state index contributed by atoms with van der Waals surface area (Å²) in [4.78, 5) is 27.8. The van der Waals surface area contributed by atoms with Crippen LogP contribution in [0.4, 0.5) is 10.5 Å². The molecule has 108 valence electrons. The summed E-state index contributed by atoms with van der Waals surface area (Å²) in [5, 5.41) is 9.34. The number of nitrogens with zero attached hydrogens (tertiary/aromatic N) is 3. The van der Waals surface area contributed by atoms with Crippen LogP contribution >= 0.6 is 11.6 Å². The summed E-state index contributed by atoms with van der Waals surface area (Å²) in [5.41, 5.74) is 0.977. The van der Waals surface area contributed by atoms with Crippen LogP contribution in [0.2, 0.25) is 5.02 Å². The number of rotatable bonds is 1. The Balaban J connectivity index is 2.04. The molecule has 0 aliphatic carbocycles. The van der Waals surface area contributed by atoms with Gasteiger partial charge in [-0.3, -0.25) is 9.69 Å². The van der Waals surface area contributed by atoms with E-state index in [1.807, 2.05) is 6.07 Å². The van der Waals surface area contributed by atoms with E-state index in [1.54, 1.807) is 35.8 Å². The Morgan fingerprint density at radius 1 is 1.38 bits per heavy atom. The van der Waals surface area contributed by atoms with Crippen LogP contribution in [0.5, 0.6) is 0 Å². The van der Waals surface area contributed by atoms with Crippen LogP contribution in [0, 0.1) is 18.3 Å². The van der Waals surface area contributed by atoms with Crippen molar-refractivity contribution in [3.05, 3.63) is 28.3 Å². The summed E-state index contributed by atoms with van der Waals surface area (Å²) in [6.07, 6.45) is 0.420. The zero-order valence-electron chi connectivity index (χ0n) is 11.8. The summed E-state index contributed by atoms with van der Waals surface area (Å²) in [7, 11) is 0. The summed E-state index contributed by atoms with van der Waals surface area (Å²) in [6.45, 7) is 4.38. The molecule has 6 heteroatoms. The smallest absolute Gasteiger partial charge is 0.310 e. The zero-order chi connectivity index (χ0) is 15.4. The Kier molecular flexibility index (Phi) is 2.96. The van der Waals surface area contributed by atoms with E-state index in [1.165, 1.54) is 0 Å². The third kappa shape index (κ3) is 1.76. The average molecular weight is 304 g/mol. The first-order valence-corrected chi connectivity index (χ1v) is 7.09. The monoisotopic (exact) mass is 303 g/mol. The fourth-order valence-corrected chi connectivity index (χ4v) is 3.33. The molecule has 1 aromatic rings. The Hall–Kier alpha value is -2.06. The van der Waals surface area contributed by atoms with Crippen molar-refractivity contribution in [1.82, 2.24) is 4.90 Å². The van der Waals surface area contributed by atoms with Gasteiger partial charge < -0.3 is 4.90 Å². The van der Waals surface area contributed by atoms with Crippen LogP contribution in [0.25, 0.3) is 0 Å². The highest BCUT2D eigenvalue weighted by Gasteiger charge is 2.55. The second-order valence-electron chi connectivity index (χ2n) is 5.65. The molecular weight excluding hydrogens is 290 g/mol. The van der Waals surface area contributed by atoms with Gasteiger partial charge in [0.15, 0.2) is 5.78 Å². The first-order valence-electron chi connectivity index (χ1n) is 6.72. The van der Waals surface area contributed by atoms with Crippen LogP contribution < -0.4 is 4.90 Å². The molecule has 5 nitrogen and oxygen atoms in total. The maximum absolute atomic E-state index is 12.5. The van der Waals surface area contributed by atoms with Crippen LogP contribution in [-0.4, -0.2) is 35.3 Å². The topological polar surface area (TPSA) is 64.4 Å². The van der Waals surface area contributed by atoms with Gasteiger partial charge in [0.2, 0.25) is 0 Å². The summed E-state index contributed by atoms with van der Waals surface area (Å²) >= 11 is 6.17. The van der Waals surface area contributed by atoms with Gasteiger partial charge in [-0.15, -0.1) is 0 Å². The molecule has 1 atom stereocenters. The van der Waals surface area contributed by atoms with E-state index in [-0.39, 0.29) is 11.8 Å². The standard InChI is InChI=1S/C15H14ClN3O2/c1-9-11(4-3-10(7-17)13(9)16)18-8-15(2)12(20)5-6-19(15)14(18)21/h3-4H,5-6,8H2,1-2H3. The number of carbonyl (C=O) groups excluding carboxylic acids is 2. The number of urea groups is 1. The van der Waals surface area contributed by atoms with Crippen molar-refractivity contribution in [2.75, 3.05) is 18.0 Å². The third-order valence-corrected chi connectivity index (χ3v) is 4.94. The number of ketones is 1. The van der Waals surface area contributed by atoms with E-state index in [2.05, 4.69) is 0 Å². The molecule has 1 aromatic carbocycles. The third-order valence-electron chi connectivity index (χ3n) is 4.46. The van der Waals surface area contributed by atoms with Crippen LogP contribution in [0.1, 0.15) is 24.5 Å². The van der Waals surface area contributed by atoms with Crippen LogP contribution in [-0.2, 0) is 4.79 Å². The highest BCUT2D eigenvalue weighted by atomic mass is 35.5. The lowest BCUT2D eigenvalue weighted by Gasteiger charge is -2.22. The molecular formula is C15H14ClN3O2. The second kappa shape index (κ2) is 4.47. The molecule has 0 N–H and O–H groups in total. The number of nitriles is 1. The van der Waals surface area contributed by atoms with E-state index < -0.39 is 5.54 Å². The van der Waals surface area contributed by atoms with E-state index in [4.69, 9.17) is 16.9 Å². The highest BCUT2D eigenvalue weighted by molar-refractivity contribution is 6.33. The molecule has 0 saturated carbocycles. The number of benzene rings is 1. The largest absolute Gasteiger partial charge is 0.325 e. The molecule has 2 heterocycles. The van der Waals surface area contributed by atoms with Crippen LogP contribution in [0.15, 0.2) is 12.1 Å². The van der Waals surface area contributed by atoms with Crippen molar-refractivity contribution < 1.29 is 9.59 Å². The second-order valence-corrected chi connectivity index (χ2v) is 6.03. The van der Waals surface area contributed by atoms with Gasteiger partial charge >= 0.3 is 6.03 Å². The molecule has 2 amide bonds. The fraction of sp³-hybridized carbons (Fsp3) is 0.400. The van der Waals surface area contributed by atoms with Crippen molar-refractivity contribution in [3.8, 4) is 6.07 Å². The maximum atomic E-state index is 12.5. The van der Waals surface area contributed by atoms with Crippen molar-refractivity contribution >= 4 is 29.1 Å². The lowest BCUT2D eigenvalue weighted by molar-refractivity contribution is -0.122. The van der Waals surface area contributed by atoms with Gasteiger partial charge in [-0.2, -0.15) is 5.26 Å². The van der Waals surface area contributed by atoms with Crippen molar-refractivity contribution in [3.63, 3.8) is 0 Å². The minimum atomic E-state index is -0.746. The molecule has 2 aliphatic heterocycles. The lowest BCUT2D eigenvalue weighted by atomic mass is 9.98. The van der Waals surface area contributed by atoms with E-state index in [0.717, 1.165) is 0 Å². The number of fused-ring (bicyclic) bond motifs is 1. The van der Waals surface area contributed by atoms with Crippen molar-refractivity contribution in [2.24, 2.45) is 0 Å². The lowest BCUT2D eigenvalue weighted by Crippen LogP contribution is -2.43. The van der Waals surface area contributed by atoms with Crippen molar-refractivity contribution in [2.45, 2.75) is 25.8 Å². The Morgan fingerprint density at radius 2 is 2.10 bits per heavy atom. The van der Waals surface area contributed by atoms with Gasteiger partial charge in [0.25, 0.3) is 0 Å². The Labute approximate surface area is 127 Å². The van der Waals surface area contributed by atoms with Gasteiger partial charge in [0.1, 0.15) is 11.6 Å². The van der Waals surface area contributed by atoms with Gasteiger partial charge in [0, 0.05) is 13.0 Å². The predicted octanol–water partition coefficient (Wildman–Crippen LogP) is 2.49. The molecule has 0 spiro atoms. The number of carbonyl (C=O) groups is 2. The summed E-state index contributed by atoms with van der Waals surface area (Å²) in [5.74, 6) is 0.0933. The summed E-state index contributed by atoms with van der Waals surface area (Å²) < 4.78 is 0. The maximum Gasteiger partial charge on any atom is 0.325 e. The number of hydrogen-bond acceptors (Lipinski definition) is 3. The van der Waals surface area contributed by atoms with E-state index in [0.29, 0.717) is 41.3 Å². The molecule has 2 aliphatic rings. The molecule has 21 heavy (non-hydrogen) atoms. The molecule has 2 saturated heterocycles. The van der Waals surface area contributed by atoms with E-state index in [9.17, 15) is 9.59 Å². The normalized spacial score (nSPS) is 24.5. The van der Waals surface area contributed by atoms with Gasteiger partial charge in [0.05, 0.1) is 22.8 Å². The minimum Gasteiger partial charge on any atom is -0.310 e. The number of hydrogen-bond donors (Lipinski definition) is 0. The Morgan fingerprint density at radius 3 is 2.71 bits per heavy atom. The fourth-order valence-electron chi connectivity index (χ4n) is 3.12. The minimum absolute atomic E-state index is 0.0933. The quantitative estimate of drug-likeness (QED) is 0.800. The average Bonchev–Trinajstić information content (AvgIpc) is 2.88. The number of Topliss-reactive ketones (excluding diaryl/α,β-unsaturated/α-hetero) is 1. The number of halogens is 1. The molecule has 0 aromatic heterocycles. The van der Waals surface area contributed by atoms with Gasteiger partial charge in [-0.25, -0.2) is 4.79 Å². The first kappa shape index (κ1) is 13.9. The molecule has 0 radical (unpaired) electrons.